The second-order valence-electron chi connectivity index (χ2n) is 4.64. The van der Waals surface area contributed by atoms with E-state index in [2.05, 4.69) is 10.1 Å². The number of halogens is 1. The summed E-state index contributed by atoms with van der Waals surface area (Å²) < 4.78 is 10.5. The molecule has 1 aromatic carbocycles. The largest absolute Gasteiger partial charge is 0.380 e. The second kappa shape index (κ2) is 6.60. The van der Waals surface area contributed by atoms with Crippen LogP contribution in [-0.2, 0) is 15.3 Å². The van der Waals surface area contributed by atoms with E-state index in [0.717, 1.165) is 4.90 Å². The van der Waals surface area contributed by atoms with Crippen LogP contribution in [-0.4, -0.2) is 29.1 Å². The van der Waals surface area contributed by atoms with Crippen molar-refractivity contribution in [3.05, 3.63) is 41.0 Å². The molecule has 1 aliphatic heterocycles. The van der Waals surface area contributed by atoms with E-state index in [-0.39, 0.29) is 5.78 Å². The van der Waals surface area contributed by atoms with E-state index in [0.29, 0.717) is 42.1 Å². The molecule has 110 valence electrons. The molecule has 0 radical (unpaired) electrons. The standard InChI is InChI=1S/C14H13ClN2O3S/c15-9-2-1-3-10(6-9)21-8-13-16-14(20-17-13)11-7-19-5-4-12(11)18/h1-3,6,11H,4-5,7-8H2. The summed E-state index contributed by atoms with van der Waals surface area (Å²) in [5.41, 5.74) is 0. The van der Waals surface area contributed by atoms with Gasteiger partial charge in [0.2, 0.25) is 5.89 Å². The Hall–Kier alpha value is -1.37. The highest BCUT2D eigenvalue weighted by atomic mass is 35.5. The molecule has 0 N–H and O–H groups in total. The van der Waals surface area contributed by atoms with Crippen molar-refractivity contribution < 1.29 is 14.1 Å². The number of thioether (sulfide) groups is 1. The van der Waals surface area contributed by atoms with Crippen LogP contribution in [0.5, 0.6) is 0 Å². The number of hydrogen-bond acceptors (Lipinski definition) is 6. The van der Waals surface area contributed by atoms with Gasteiger partial charge in [0.15, 0.2) is 5.82 Å². The van der Waals surface area contributed by atoms with Gasteiger partial charge >= 0.3 is 0 Å². The van der Waals surface area contributed by atoms with Crippen LogP contribution in [0.1, 0.15) is 24.1 Å². The Morgan fingerprint density at radius 3 is 3.14 bits per heavy atom. The summed E-state index contributed by atoms with van der Waals surface area (Å²) in [6.07, 6.45) is 0.402. The molecule has 3 rings (SSSR count). The third-order valence-electron chi connectivity index (χ3n) is 3.11. The van der Waals surface area contributed by atoms with Gasteiger partial charge in [-0.05, 0) is 18.2 Å². The number of carbonyl (C=O) groups is 1. The average molecular weight is 325 g/mol. The Bertz CT molecular complexity index is 647. The average Bonchev–Trinajstić information content (AvgIpc) is 2.94. The van der Waals surface area contributed by atoms with E-state index >= 15 is 0 Å². The van der Waals surface area contributed by atoms with Gasteiger partial charge in [-0.25, -0.2) is 0 Å². The summed E-state index contributed by atoms with van der Waals surface area (Å²) in [5, 5.41) is 4.61. The first-order valence-electron chi connectivity index (χ1n) is 6.53. The first-order chi connectivity index (χ1) is 10.2. The molecule has 0 aliphatic carbocycles. The minimum absolute atomic E-state index is 0.0962. The van der Waals surface area contributed by atoms with Crippen LogP contribution < -0.4 is 0 Å². The van der Waals surface area contributed by atoms with Crippen LogP contribution in [0.3, 0.4) is 0 Å². The van der Waals surface area contributed by atoms with Crippen molar-refractivity contribution in [2.45, 2.75) is 23.0 Å². The summed E-state index contributed by atoms with van der Waals surface area (Å²) >= 11 is 7.50. The van der Waals surface area contributed by atoms with Crippen LogP contribution in [0.15, 0.2) is 33.7 Å². The van der Waals surface area contributed by atoms with Gasteiger partial charge in [-0.3, -0.25) is 4.79 Å². The van der Waals surface area contributed by atoms with Gasteiger partial charge in [0.25, 0.3) is 0 Å². The van der Waals surface area contributed by atoms with Crippen molar-refractivity contribution in [2.75, 3.05) is 13.2 Å². The van der Waals surface area contributed by atoms with Gasteiger partial charge in [0, 0.05) is 16.3 Å². The number of ketones is 1. The van der Waals surface area contributed by atoms with E-state index in [1.54, 1.807) is 11.8 Å². The number of Topliss-reactive ketones (excluding diaryl/α,β-unsaturated/α-hetero) is 1. The fourth-order valence-corrected chi connectivity index (χ4v) is 3.08. The van der Waals surface area contributed by atoms with Gasteiger partial charge in [0.1, 0.15) is 11.7 Å². The van der Waals surface area contributed by atoms with Crippen LogP contribution >= 0.6 is 23.4 Å². The zero-order chi connectivity index (χ0) is 14.7. The molecule has 0 spiro atoms. The topological polar surface area (TPSA) is 65.2 Å². The molecule has 1 aliphatic rings. The van der Waals surface area contributed by atoms with Crippen LogP contribution in [0.25, 0.3) is 0 Å². The molecule has 0 bridgehead atoms. The molecule has 0 amide bonds. The maximum absolute atomic E-state index is 11.8. The van der Waals surface area contributed by atoms with E-state index in [1.165, 1.54) is 0 Å². The van der Waals surface area contributed by atoms with E-state index in [9.17, 15) is 4.79 Å². The molecule has 1 atom stereocenters. The molecule has 0 saturated carbocycles. The third-order valence-corrected chi connectivity index (χ3v) is 4.34. The van der Waals surface area contributed by atoms with Gasteiger partial charge in [-0.15, -0.1) is 11.8 Å². The lowest BCUT2D eigenvalue weighted by Gasteiger charge is -2.16. The monoisotopic (exact) mass is 324 g/mol. The van der Waals surface area contributed by atoms with Gasteiger partial charge in [-0.2, -0.15) is 4.98 Å². The van der Waals surface area contributed by atoms with Crippen LogP contribution in [0, 0.1) is 0 Å². The number of nitrogens with zero attached hydrogens (tertiary/aromatic N) is 2. The van der Waals surface area contributed by atoms with Crippen LogP contribution in [0.2, 0.25) is 5.02 Å². The molecule has 5 nitrogen and oxygen atoms in total. The zero-order valence-electron chi connectivity index (χ0n) is 11.1. The van der Waals surface area contributed by atoms with Gasteiger partial charge < -0.3 is 9.26 Å². The normalized spacial score (nSPS) is 18.9. The van der Waals surface area contributed by atoms with Crippen molar-refractivity contribution in [3.63, 3.8) is 0 Å². The van der Waals surface area contributed by atoms with Crippen LogP contribution in [0.4, 0.5) is 0 Å². The Morgan fingerprint density at radius 2 is 2.33 bits per heavy atom. The lowest BCUT2D eigenvalue weighted by Crippen LogP contribution is -2.25. The number of rotatable bonds is 4. The van der Waals surface area contributed by atoms with Crippen molar-refractivity contribution in [1.82, 2.24) is 10.1 Å². The molecule has 7 heteroatoms. The maximum Gasteiger partial charge on any atom is 0.239 e. The van der Waals surface area contributed by atoms with E-state index < -0.39 is 5.92 Å². The molecule has 1 fully saturated rings. The number of aromatic nitrogens is 2. The quantitative estimate of drug-likeness (QED) is 0.805. The summed E-state index contributed by atoms with van der Waals surface area (Å²) in [6.45, 7) is 0.794. The third kappa shape index (κ3) is 3.64. The van der Waals surface area contributed by atoms with Crippen molar-refractivity contribution in [1.29, 1.82) is 0 Å². The van der Waals surface area contributed by atoms with E-state index in [1.807, 2.05) is 24.3 Å². The Kier molecular flexibility index (Phi) is 4.57. The zero-order valence-corrected chi connectivity index (χ0v) is 12.7. The minimum atomic E-state index is -0.420. The molecule has 21 heavy (non-hydrogen) atoms. The van der Waals surface area contributed by atoms with E-state index in [4.69, 9.17) is 20.9 Å². The summed E-state index contributed by atoms with van der Waals surface area (Å²) in [7, 11) is 0. The predicted molar refractivity (Wildman–Crippen MR) is 78.5 cm³/mol. The van der Waals surface area contributed by atoms with Crippen molar-refractivity contribution in [2.24, 2.45) is 0 Å². The molecule has 2 heterocycles. The highest BCUT2D eigenvalue weighted by molar-refractivity contribution is 7.98. The van der Waals surface area contributed by atoms with Gasteiger partial charge in [-0.1, -0.05) is 22.8 Å². The highest BCUT2D eigenvalue weighted by Crippen LogP contribution is 2.26. The summed E-state index contributed by atoms with van der Waals surface area (Å²) in [6, 6.07) is 7.57. The number of ether oxygens (including phenoxy) is 1. The van der Waals surface area contributed by atoms with Crippen molar-refractivity contribution in [3.8, 4) is 0 Å². The lowest BCUT2D eigenvalue weighted by molar-refractivity contribution is -0.127. The Balaban J connectivity index is 1.63. The molecular formula is C14H13ClN2O3S. The predicted octanol–water partition coefficient (Wildman–Crippen LogP) is 3.09. The summed E-state index contributed by atoms with van der Waals surface area (Å²) in [4.78, 5) is 17.1. The SMILES string of the molecule is O=C1CCOCC1c1nc(CSc2cccc(Cl)c2)no1. The highest BCUT2D eigenvalue weighted by Gasteiger charge is 2.29. The maximum atomic E-state index is 11.8. The molecular weight excluding hydrogens is 312 g/mol. The fraction of sp³-hybridized carbons (Fsp3) is 0.357. The first-order valence-corrected chi connectivity index (χ1v) is 7.90. The fourth-order valence-electron chi connectivity index (χ4n) is 2.02. The number of benzene rings is 1. The van der Waals surface area contributed by atoms with Gasteiger partial charge in [0.05, 0.1) is 19.0 Å². The first kappa shape index (κ1) is 14.6. The lowest BCUT2D eigenvalue weighted by atomic mass is 10.0. The molecule has 2 aromatic rings. The molecule has 1 unspecified atom stereocenters. The smallest absolute Gasteiger partial charge is 0.239 e. The second-order valence-corrected chi connectivity index (χ2v) is 6.12. The minimum Gasteiger partial charge on any atom is -0.380 e. The molecule has 1 aromatic heterocycles. The van der Waals surface area contributed by atoms with Crippen molar-refractivity contribution >= 4 is 29.1 Å². The number of carbonyl (C=O) groups excluding carboxylic acids is 1. The summed E-state index contributed by atoms with van der Waals surface area (Å²) in [5.74, 6) is 1.15. The Labute approximate surface area is 131 Å². The molecule has 1 saturated heterocycles. The Morgan fingerprint density at radius 1 is 1.43 bits per heavy atom. The number of hydrogen-bond donors (Lipinski definition) is 0.